The molecule has 0 aliphatic rings. The lowest BCUT2D eigenvalue weighted by Gasteiger charge is -2.10. The van der Waals surface area contributed by atoms with Crippen LogP contribution < -0.4 is 0 Å². The summed E-state index contributed by atoms with van der Waals surface area (Å²) < 4.78 is 0. The smallest absolute Gasteiger partial charge is 0.160 e. The van der Waals surface area contributed by atoms with E-state index in [0.717, 1.165) is 22.3 Å². The van der Waals surface area contributed by atoms with E-state index in [9.17, 15) is 4.79 Å². The number of aryl methyl sites for hydroxylation is 2. The molecule has 0 fully saturated rings. The molecule has 3 aromatic carbocycles. The molecule has 0 heterocycles. The van der Waals surface area contributed by atoms with Crippen LogP contribution in [0.2, 0.25) is 0 Å². The molecule has 0 amide bonds. The van der Waals surface area contributed by atoms with Crippen LogP contribution >= 0.6 is 0 Å². The molecule has 3 rings (SSSR count). The fourth-order valence-electron chi connectivity index (χ4n) is 3.26. The molecular weight excluding hydrogens is 328 g/mol. The first-order chi connectivity index (χ1) is 13.0. The molecule has 1 nitrogen and oxygen atoms in total. The molecule has 0 bridgehead atoms. The van der Waals surface area contributed by atoms with E-state index >= 15 is 0 Å². The van der Waals surface area contributed by atoms with Crippen molar-refractivity contribution in [3.05, 3.63) is 108 Å². The van der Waals surface area contributed by atoms with Gasteiger partial charge in [0.05, 0.1) is 0 Å². The first-order valence-corrected chi connectivity index (χ1v) is 9.11. The maximum atomic E-state index is 12.2. The fraction of sp³-hybridized carbons (Fsp3) is 0.115. The summed E-state index contributed by atoms with van der Waals surface area (Å²) in [6.07, 6.45) is 1.90. The van der Waals surface area contributed by atoms with Crippen LogP contribution in [0.15, 0.2) is 85.5 Å². The van der Waals surface area contributed by atoms with Crippen LogP contribution in [0, 0.1) is 13.8 Å². The number of carbonyl (C=O) groups excluding carboxylic acids is 1. The molecule has 0 unspecified atom stereocenters. The molecule has 134 valence electrons. The number of allylic oxidation sites excluding steroid dienone is 3. The van der Waals surface area contributed by atoms with Gasteiger partial charge in [0.15, 0.2) is 5.78 Å². The number of hydrogen-bond acceptors (Lipinski definition) is 1. The summed E-state index contributed by atoms with van der Waals surface area (Å²) in [6.45, 7) is 9.93. The van der Waals surface area contributed by atoms with Gasteiger partial charge in [0.1, 0.15) is 0 Å². The predicted molar refractivity (Wildman–Crippen MR) is 115 cm³/mol. The van der Waals surface area contributed by atoms with E-state index in [-0.39, 0.29) is 5.78 Å². The Labute approximate surface area is 161 Å². The van der Waals surface area contributed by atoms with Crippen LogP contribution in [0.5, 0.6) is 0 Å². The summed E-state index contributed by atoms with van der Waals surface area (Å²) in [5, 5.41) is 0. The minimum atomic E-state index is 0.0435. The van der Waals surface area contributed by atoms with Crippen molar-refractivity contribution < 1.29 is 4.79 Å². The van der Waals surface area contributed by atoms with Crippen molar-refractivity contribution in [2.24, 2.45) is 0 Å². The summed E-state index contributed by atoms with van der Waals surface area (Å²) in [7, 11) is 0. The largest absolute Gasteiger partial charge is 0.294 e. The van der Waals surface area contributed by atoms with Gasteiger partial charge in [-0.05, 0) is 65.8 Å². The Morgan fingerprint density at radius 2 is 1.41 bits per heavy atom. The van der Waals surface area contributed by atoms with E-state index in [1.807, 2.05) is 37.3 Å². The molecule has 3 aromatic rings. The standard InChI is InChI=1S/C26H24O/c1-18-9-5-7-11-24(18)23-15-13-22(14-16-23)20(3)17-26(21(4)27)25-12-8-6-10-19(25)2/h5-17H,3H2,1-2,4H3/b26-17-. The van der Waals surface area contributed by atoms with Crippen LogP contribution in [0.25, 0.3) is 22.3 Å². The van der Waals surface area contributed by atoms with E-state index in [1.54, 1.807) is 6.92 Å². The van der Waals surface area contributed by atoms with Gasteiger partial charge >= 0.3 is 0 Å². The third-order valence-electron chi connectivity index (χ3n) is 4.84. The van der Waals surface area contributed by atoms with Crippen LogP contribution in [-0.2, 0) is 4.79 Å². The Bertz CT molecular complexity index is 1020. The minimum Gasteiger partial charge on any atom is -0.294 e. The van der Waals surface area contributed by atoms with Crippen LogP contribution in [0.4, 0.5) is 0 Å². The lowest BCUT2D eigenvalue weighted by Crippen LogP contribution is -1.99. The summed E-state index contributed by atoms with van der Waals surface area (Å²) in [4.78, 5) is 12.2. The topological polar surface area (TPSA) is 17.1 Å². The Kier molecular flexibility index (Phi) is 5.52. The zero-order valence-electron chi connectivity index (χ0n) is 16.1. The average molecular weight is 352 g/mol. The summed E-state index contributed by atoms with van der Waals surface area (Å²) in [6, 6.07) is 24.6. The van der Waals surface area contributed by atoms with E-state index in [4.69, 9.17) is 0 Å². The molecule has 27 heavy (non-hydrogen) atoms. The third-order valence-corrected chi connectivity index (χ3v) is 4.84. The van der Waals surface area contributed by atoms with Gasteiger partial charge in [-0.2, -0.15) is 0 Å². The summed E-state index contributed by atoms with van der Waals surface area (Å²) in [5.41, 5.74) is 8.25. The fourth-order valence-corrected chi connectivity index (χ4v) is 3.26. The van der Waals surface area contributed by atoms with E-state index < -0.39 is 0 Å². The quantitative estimate of drug-likeness (QED) is 0.371. The Balaban J connectivity index is 1.93. The number of benzene rings is 3. The molecule has 0 saturated heterocycles. The van der Waals surface area contributed by atoms with E-state index in [2.05, 4.69) is 62.0 Å². The highest BCUT2D eigenvalue weighted by Gasteiger charge is 2.11. The van der Waals surface area contributed by atoms with Crippen molar-refractivity contribution in [1.29, 1.82) is 0 Å². The lowest BCUT2D eigenvalue weighted by atomic mass is 9.93. The van der Waals surface area contributed by atoms with E-state index in [1.165, 1.54) is 16.7 Å². The van der Waals surface area contributed by atoms with Crippen molar-refractivity contribution in [1.82, 2.24) is 0 Å². The number of Topliss-reactive ketones (excluding diaryl/α,β-unsaturated/α-hetero) is 1. The second kappa shape index (κ2) is 8.01. The molecule has 0 N–H and O–H groups in total. The highest BCUT2D eigenvalue weighted by atomic mass is 16.1. The first kappa shape index (κ1) is 18.6. The Hall–Kier alpha value is -3.19. The predicted octanol–water partition coefficient (Wildman–Crippen LogP) is 6.66. The van der Waals surface area contributed by atoms with Gasteiger partial charge in [-0.25, -0.2) is 0 Å². The minimum absolute atomic E-state index is 0.0435. The zero-order chi connectivity index (χ0) is 19.4. The van der Waals surface area contributed by atoms with Gasteiger partial charge in [-0.15, -0.1) is 0 Å². The maximum absolute atomic E-state index is 12.2. The van der Waals surface area contributed by atoms with Crippen LogP contribution in [0.3, 0.4) is 0 Å². The number of rotatable bonds is 5. The van der Waals surface area contributed by atoms with Gasteiger partial charge in [0.25, 0.3) is 0 Å². The Morgan fingerprint density at radius 3 is 2.00 bits per heavy atom. The van der Waals surface area contributed by atoms with Crippen molar-refractivity contribution in [3.63, 3.8) is 0 Å². The number of hydrogen-bond donors (Lipinski definition) is 0. The zero-order valence-corrected chi connectivity index (χ0v) is 16.1. The second-order valence-corrected chi connectivity index (χ2v) is 6.85. The molecule has 0 aliphatic carbocycles. The average Bonchev–Trinajstić information content (AvgIpc) is 2.67. The van der Waals surface area contributed by atoms with Gasteiger partial charge in [0, 0.05) is 5.57 Å². The molecule has 0 saturated carbocycles. The highest BCUT2D eigenvalue weighted by molar-refractivity contribution is 6.21. The molecule has 0 aromatic heterocycles. The van der Waals surface area contributed by atoms with Crippen molar-refractivity contribution in [2.45, 2.75) is 20.8 Å². The van der Waals surface area contributed by atoms with E-state index in [0.29, 0.717) is 5.57 Å². The van der Waals surface area contributed by atoms with Gasteiger partial charge in [0.2, 0.25) is 0 Å². The van der Waals surface area contributed by atoms with Crippen LogP contribution in [-0.4, -0.2) is 5.78 Å². The monoisotopic (exact) mass is 352 g/mol. The molecule has 0 atom stereocenters. The number of ketones is 1. The first-order valence-electron chi connectivity index (χ1n) is 9.11. The number of carbonyl (C=O) groups is 1. The lowest BCUT2D eigenvalue weighted by molar-refractivity contribution is -0.111. The van der Waals surface area contributed by atoms with Gasteiger partial charge < -0.3 is 0 Å². The molecular formula is C26H24O. The highest BCUT2D eigenvalue weighted by Crippen LogP contribution is 2.27. The van der Waals surface area contributed by atoms with Crippen molar-refractivity contribution >= 4 is 16.9 Å². The molecule has 0 aliphatic heterocycles. The van der Waals surface area contributed by atoms with Crippen molar-refractivity contribution in [2.75, 3.05) is 0 Å². The Morgan fingerprint density at radius 1 is 0.815 bits per heavy atom. The molecule has 0 spiro atoms. The van der Waals surface area contributed by atoms with Crippen molar-refractivity contribution in [3.8, 4) is 11.1 Å². The van der Waals surface area contributed by atoms with Crippen LogP contribution in [0.1, 0.15) is 29.2 Å². The second-order valence-electron chi connectivity index (χ2n) is 6.85. The maximum Gasteiger partial charge on any atom is 0.160 e. The molecule has 1 heteroatoms. The van der Waals surface area contributed by atoms with Gasteiger partial charge in [-0.3, -0.25) is 4.79 Å². The normalized spacial score (nSPS) is 11.3. The van der Waals surface area contributed by atoms with Gasteiger partial charge in [-0.1, -0.05) is 79.4 Å². The summed E-state index contributed by atoms with van der Waals surface area (Å²) >= 11 is 0. The third kappa shape index (κ3) is 4.15. The molecule has 0 radical (unpaired) electrons. The summed E-state index contributed by atoms with van der Waals surface area (Å²) in [5.74, 6) is 0.0435. The SMILES string of the molecule is C=C(/C=C(/C(C)=O)c1ccccc1C)c1ccc(-c2ccccc2C)cc1.